The molecule has 0 heterocycles. The summed E-state index contributed by atoms with van der Waals surface area (Å²) in [4.78, 5) is 0.317. The quantitative estimate of drug-likeness (QED) is 0.816. The van der Waals surface area contributed by atoms with Crippen LogP contribution in [0.4, 0.5) is 0 Å². The van der Waals surface area contributed by atoms with E-state index in [1.54, 1.807) is 28.6 Å². The number of hydrogen-bond donors (Lipinski definition) is 1. The van der Waals surface area contributed by atoms with Gasteiger partial charge in [-0.2, -0.15) is 4.31 Å². The molecule has 1 N–H and O–H groups in total. The van der Waals surface area contributed by atoms with E-state index >= 15 is 0 Å². The van der Waals surface area contributed by atoms with E-state index in [-0.39, 0.29) is 6.61 Å². The molecule has 0 bridgehead atoms. The van der Waals surface area contributed by atoms with Crippen LogP contribution in [0.15, 0.2) is 29.2 Å². The van der Waals surface area contributed by atoms with Gasteiger partial charge >= 0.3 is 0 Å². The highest BCUT2D eigenvalue weighted by Gasteiger charge is 2.30. The van der Waals surface area contributed by atoms with Gasteiger partial charge < -0.3 is 5.11 Å². The molecular formula is C16H21NO3S. The molecule has 114 valence electrons. The molecule has 0 atom stereocenters. The minimum absolute atomic E-state index is 0.0338. The molecule has 21 heavy (non-hydrogen) atoms. The van der Waals surface area contributed by atoms with Crippen molar-refractivity contribution >= 4 is 10.0 Å². The van der Waals surface area contributed by atoms with E-state index in [4.69, 9.17) is 5.11 Å². The molecule has 0 saturated heterocycles. The van der Waals surface area contributed by atoms with E-state index in [1.807, 2.05) is 6.92 Å². The first-order chi connectivity index (χ1) is 10.1. The monoisotopic (exact) mass is 307 g/mol. The van der Waals surface area contributed by atoms with Crippen molar-refractivity contribution in [2.45, 2.75) is 31.1 Å². The third kappa shape index (κ3) is 4.31. The number of nitrogens with zero attached hydrogens (tertiary/aromatic N) is 1. The third-order valence-electron chi connectivity index (χ3n) is 3.47. The molecule has 0 aromatic heterocycles. The number of aliphatic hydroxyl groups excluding tert-OH is 1. The second-order valence-electron chi connectivity index (χ2n) is 5.20. The maximum absolute atomic E-state index is 12.6. The Morgan fingerprint density at radius 3 is 2.48 bits per heavy atom. The van der Waals surface area contributed by atoms with E-state index in [1.165, 1.54) is 0 Å². The van der Waals surface area contributed by atoms with Gasteiger partial charge in [0.1, 0.15) is 0 Å². The van der Waals surface area contributed by atoms with Crippen LogP contribution in [0.25, 0.3) is 0 Å². The minimum atomic E-state index is -3.40. The Morgan fingerprint density at radius 1 is 1.29 bits per heavy atom. The smallest absolute Gasteiger partial charge is 0.243 e. The number of benzene rings is 1. The number of aliphatic hydroxyl groups is 1. The van der Waals surface area contributed by atoms with Crippen LogP contribution in [0.5, 0.6) is 0 Å². The minimum Gasteiger partial charge on any atom is -0.395 e. The first kappa shape index (κ1) is 16.0. The van der Waals surface area contributed by atoms with Gasteiger partial charge in [0.15, 0.2) is 0 Å². The maximum Gasteiger partial charge on any atom is 0.243 e. The van der Waals surface area contributed by atoms with Gasteiger partial charge in [0, 0.05) is 25.1 Å². The number of sulfonamides is 1. The van der Waals surface area contributed by atoms with Crippen molar-refractivity contribution in [1.29, 1.82) is 0 Å². The van der Waals surface area contributed by atoms with Crippen molar-refractivity contribution in [1.82, 2.24) is 4.31 Å². The second-order valence-corrected chi connectivity index (χ2v) is 7.14. The average molecular weight is 307 g/mol. The Bertz CT molecular complexity index is 622. The zero-order valence-corrected chi connectivity index (χ0v) is 13.1. The molecular weight excluding hydrogens is 286 g/mol. The molecule has 1 fully saturated rings. The fourth-order valence-corrected chi connectivity index (χ4v) is 3.59. The molecule has 0 radical (unpaired) electrons. The van der Waals surface area contributed by atoms with Gasteiger partial charge in [-0.05, 0) is 43.0 Å². The van der Waals surface area contributed by atoms with Gasteiger partial charge in [-0.15, -0.1) is 0 Å². The van der Waals surface area contributed by atoms with E-state index in [0.717, 1.165) is 18.4 Å². The first-order valence-corrected chi connectivity index (χ1v) is 8.72. The van der Waals surface area contributed by atoms with Crippen LogP contribution in [0, 0.1) is 17.8 Å². The second kappa shape index (κ2) is 7.08. The Balaban J connectivity index is 2.14. The maximum atomic E-state index is 12.6. The lowest BCUT2D eigenvalue weighted by Crippen LogP contribution is -2.32. The average Bonchev–Trinajstić information content (AvgIpc) is 3.29. The molecule has 0 unspecified atom stereocenters. The molecule has 1 aliphatic rings. The summed E-state index contributed by atoms with van der Waals surface area (Å²) in [5.41, 5.74) is 0.757. The van der Waals surface area contributed by atoms with Crippen LogP contribution in [0.1, 0.15) is 31.7 Å². The van der Waals surface area contributed by atoms with Gasteiger partial charge in [0.25, 0.3) is 0 Å². The fourth-order valence-electron chi connectivity index (χ4n) is 2.07. The molecule has 1 aromatic rings. The molecule has 1 saturated carbocycles. The summed E-state index contributed by atoms with van der Waals surface area (Å²) in [5, 5.41) is 8.67. The predicted octanol–water partition coefficient (Wildman–Crippen LogP) is 1.84. The van der Waals surface area contributed by atoms with Crippen molar-refractivity contribution in [3.63, 3.8) is 0 Å². The molecule has 0 spiro atoms. The normalized spacial score (nSPS) is 14.8. The van der Waals surface area contributed by atoms with Gasteiger partial charge in [0.05, 0.1) is 11.5 Å². The highest BCUT2D eigenvalue weighted by atomic mass is 32.2. The summed E-state index contributed by atoms with van der Waals surface area (Å²) >= 11 is 0. The summed E-state index contributed by atoms with van der Waals surface area (Å²) in [6.07, 6.45) is 2.68. The van der Waals surface area contributed by atoms with Crippen LogP contribution >= 0.6 is 0 Å². The van der Waals surface area contributed by atoms with Crippen molar-refractivity contribution in [2.24, 2.45) is 5.92 Å². The third-order valence-corrected chi connectivity index (χ3v) is 5.43. The predicted molar refractivity (Wildman–Crippen MR) is 82.2 cm³/mol. The summed E-state index contributed by atoms with van der Waals surface area (Å²) in [5.74, 6) is 6.24. The Hall–Kier alpha value is -1.35. The molecule has 4 nitrogen and oxygen atoms in total. The van der Waals surface area contributed by atoms with Crippen molar-refractivity contribution in [3.8, 4) is 11.8 Å². The summed E-state index contributed by atoms with van der Waals surface area (Å²) in [7, 11) is -3.40. The van der Waals surface area contributed by atoms with Gasteiger partial charge in [-0.3, -0.25) is 0 Å². The van der Waals surface area contributed by atoms with Crippen LogP contribution in [0.3, 0.4) is 0 Å². The molecule has 0 aliphatic heterocycles. The first-order valence-electron chi connectivity index (χ1n) is 7.28. The molecule has 1 aromatic carbocycles. The standard InChI is InChI=1S/C16H21NO3S/c1-2-17(13-15-6-7-15)21(19,20)16-10-8-14(9-11-16)5-3-4-12-18/h8-11,15,18H,2,4,6-7,12-13H2,1H3. The summed E-state index contributed by atoms with van der Waals surface area (Å²) < 4.78 is 26.7. The highest BCUT2D eigenvalue weighted by molar-refractivity contribution is 7.89. The van der Waals surface area contributed by atoms with Crippen LogP contribution < -0.4 is 0 Å². The van der Waals surface area contributed by atoms with E-state index in [0.29, 0.717) is 30.3 Å². The zero-order chi connectivity index (χ0) is 15.3. The molecule has 1 aliphatic carbocycles. The zero-order valence-electron chi connectivity index (χ0n) is 12.2. The Morgan fingerprint density at radius 2 is 1.95 bits per heavy atom. The fraction of sp³-hybridized carbons (Fsp3) is 0.500. The Kier molecular flexibility index (Phi) is 5.40. The molecule has 0 amide bonds. The summed E-state index contributed by atoms with van der Waals surface area (Å²) in [6.45, 7) is 3.02. The van der Waals surface area contributed by atoms with Gasteiger partial charge in [-0.25, -0.2) is 8.42 Å². The van der Waals surface area contributed by atoms with Crippen molar-refractivity contribution in [2.75, 3.05) is 19.7 Å². The van der Waals surface area contributed by atoms with Gasteiger partial charge in [0.2, 0.25) is 10.0 Å². The SMILES string of the molecule is CCN(CC1CC1)S(=O)(=O)c1ccc(C#CCCO)cc1. The topological polar surface area (TPSA) is 57.6 Å². The lowest BCUT2D eigenvalue weighted by molar-refractivity contribution is 0.305. The molecule has 2 rings (SSSR count). The lowest BCUT2D eigenvalue weighted by atomic mass is 10.2. The largest absolute Gasteiger partial charge is 0.395 e. The van der Waals surface area contributed by atoms with Crippen molar-refractivity contribution < 1.29 is 13.5 Å². The van der Waals surface area contributed by atoms with E-state index in [2.05, 4.69) is 11.8 Å². The van der Waals surface area contributed by atoms with E-state index in [9.17, 15) is 8.42 Å². The lowest BCUT2D eigenvalue weighted by Gasteiger charge is -2.20. The number of hydrogen-bond acceptors (Lipinski definition) is 3. The van der Waals surface area contributed by atoms with Gasteiger partial charge in [-0.1, -0.05) is 18.8 Å². The van der Waals surface area contributed by atoms with Crippen molar-refractivity contribution in [3.05, 3.63) is 29.8 Å². The van der Waals surface area contributed by atoms with Crippen LogP contribution in [-0.4, -0.2) is 37.5 Å². The summed E-state index contributed by atoms with van der Waals surface area (Å²) in [6, 6.07) is 6.63. The highest BCUT2D eigenvalue weighted by Crippen LogP contribution is 2.31. The van der Waals surface area contributed by atoms with Crippen LogP contribution in [0.2, 0.25) is 0 Å². The molecule has 5 heteroatoms. The van der Waals surface area contributed by atoms with Crippen LogP contribution in [-0.2, 0) is 10.0 Å². The van der Waals surface area contributed by atoms with E-state index < -0.39 is 10.0 Å². The Labute approximate surface area is 126 Å². The number of rotatable bonds is 6.